The minimum Gasteiger partial charge on any atom is -0.465 e. The molecule has 0 saturated carbocycles. The topological polar surface area (TPSA) is 28.4 Å². The van der Waals surface area contributed by atoms with Crippen LogP contribution in [0, 0.1) is 6.92 Å². The summed E-state index contributed by atoms with van der Waals surface area (Å²) >= 11 is 0. The lowest BCUT2D eigenvalue weighted by atomic mass is 10.2. The average Bonchev–Trinajstić information content (AvgIpc) is 2.66. The second-order valence-electron chi connectivity index (χ2n) is 5.64. The van der Waals surface area contributed by atoms with Crippen LogP contribution in [0.4, 0.5) is 0 Å². The quantitative estimate of drug-likeness (QED) is 0.729. The minimum atomic E-state index is 0.487. The summed E-state index contributed by atoms with van der Waals surface area (Å²) < 4.78 is 5.86. The predicted molar refractivity (Wildman–Crippen MR) is 81.2 cm³/mol. The van der Waals surface area contributed by atoms with Crippen molar-refractivity contribution >= 4 is 0 Å². The third kappa shape index (κ3) is 5.21. The fraction of sp³-hybridized carbons (Fsp3) is 0.625. The van der Waals surface area contributed by atoms with E-state index in [1.54, 1.807) is 0 Å². The maximum absolute atomic E-state index is 5.86. The van der Waals surface area contributed by atoms with Gasteiger partial charge in [-0.05, 0) is 26.8 Å². The summed E-state index contributed by atoms with van der Waals surface area (Å²) in [6.07, 6.45) is 1.94. The number of hydrogen-bond donors (Lipinski definition) is 1. The molecule has 3 nitrogen and oxygen atoms in total. The van der Waals surface area contributed by atoms with Crippen LogP contribution in [-0.4, -0.2) is 23.5 Å². The van der Waals surface area contributed by atoms with Gasteiger partial charge >= 0.3 is 0 Å². The van der Waals surface area contributed by atoms with E-state index in [4.69, 9.17) is 4.42 Å². The summed E-state index contributed by atoms with van der Waals surface area (Å²) in [5.41, 5.74) is 1.26. The molecule has 0 amide bonds. The van der Waals surface area contributed by atoms with Crippen molar-refractivity contribution in [2.45, 2.75) is 59.8 Å². The molecule has 0 aliphatic rings. The highest BCUT2D eigenvalue weighted by Gasteiger charge is 2.13. The molecule has 1 aromatic rings. The Morgan fingerprint density at radius 3 is 2.58 bits per heavy atom. The highest BCUT2D eigenvalue weighted by atomic mass is 16.3. The van der Waals surface area contributed by atoms with E-state index in [1.807, 2.05) is 13.0 Å². The Morgan fingerprint density at radius 1 is 1.37 bits per heavy atom. The zero-order valence-corrected chi connectivity index (χ0v) is 13.0. The monoisotopic (exact) mass is 264 g/mol. The van der Waals surface area contributed by atoms with Crippen molar-refractivity contribution in [2.75, 3.05) is 6.54 Å². The van der Waals surface area contributed by atoms with Gasteiger partial charge in [0.15, 0.2) is 0 Å². The predicted octanol–water partition coefficient (Wildman–Crippen LogP) is 3.48. The van der Waals surface area contributed by atoms with Crippen molar-refractivity contribution < 1.29 is 4.42 Å². The van der Waals surface area contributed by atoms with Crippen molar-refractivity contribution in [1.82, 2.24) is 10.2 Å². The molecular formula is C16H28N2O. The first-order valence-electron chi connectivity index (χ1n) is 7.10. The second-order valence-corrected chi connectivity index (χ2v) is 5.64. The van der Waals surface area contributed by atoms with Gasteiger partial charge in [-0.25, -0.2) is 0 Å². The van der Waals surface area contributed by atoms with Crippen LogP contribution in [0.15, 0.2) is 23.1 Å². The van der Waals surface area contributed by atoms with Gasteiger partial charge in [-0.3, -0.25) is 4.90 Å². The van der Waals surface area contributed by atoms with E-state index in [9.17, 15) is 0 Å². The summed E-state index contributed by atoms with van der Waals surface area (Å²) in [7, 11) is 0. The molecule has 0 saturated heterocycles. The van der Waals surface area contributed by atoms with Gasteiger partial charge in [-0.2, -0.15) is 0 Å². The third-order valence-corrected chi connectivity index (χ3v) is 3.23. The van der Waals surface area contributed by atoms with Crippen LogP contribution in [-0.2, 0) is 13.1 Å². The summed E-state index contributed by atoms with van der Waals surface area (Å²) in [4.78, 5) is 2.34. The molecular weight excluding hydrogens is 236 g/mol. The maximum atomic E-state index is 5.86. The summed E-state index contributed by atoms with van der Waals surface area (Å²) in [6.45, 7) is 17.1. The van der Waals surface area contributed by atoms with E-state index in [-0.39, 0.29) is 0 Å². The van der Waals surface area contributed by atoms with Gasteiger partial charge in [0.05, 0.1) is 6.54 Å². The van der Waals surface area contributed by atoms with Crippen LogP contribution in [0.3, 0.4) is 0 Å². The van der Waals surface area contributed by atoms with Crippen LogP contribution >= 0.6 is 0 Å². The molecule has 1 N–H and O–H groups in total. The van der Waals surface area contributed by atoms with E-state index >= 15 is 0 Å². The van der Waals surface area contributed by atoms with Crippen LogP contribution in [0.25, 0.3) is 0 Å². The van der Waals surface area contributed by atoms with Crippen LogP contribution in [0.5, 0.6) is 0 Å². The van der Waals surface area contributed by atoms with E-state index in [1.165, 1.54) is 5.56 Å². The first kappa shape index (κ1) is 16.0. The van der Waals surface area contributed by atoms with Gasteiger partial charge in [0.1, 0.15) is 11.5 Å². The number of hydrogen-bond acceptors (Lipinski definition) is 3. The normalized spacial score (nSPS) is 11.8. The van der Waals surface area contributed by atoms with Crippen molar-refractivity contribution in [3.8, 4) is 0 Å². The summed E-state index contributed by atoms with van der Waals surface area (Å²) in [5, 5.41) is 3.43. The van der Waals surface area contributed by atoms with Gasteiger partial charge in [-0.15, -0.1) is 6.58 Å². The highest BCUT2D eigenvalue weighted by molar-refractivity contribution is 5.20. The molecule has 1 rings (SSSR count). The van der Waals surface area contributed by atoms with Crippen molar-refractivity contribution in [3.05, 3.63) is 35.8 Å². The molecule has 108 valence electrons. The zero-order chi connectivity index (χ0) is 14.4. The number of nitrogens with one attached hydrogen (secondary N) is 1. The molecule has 0 fully saturated rings. The Hall–Kier alpha value is -1.06. The zero-order valence-electron chi connectivity index (χ0n) is 13.0. The standard InChI is InChI=1S/C16H28N2O/c1-7-8-18(13(4)5)11-16-9-15(14(6)19-16)10-17-12(2)3/h7,9,12-13,17H,1,8,10-11H2,2-6H3. The molecule has 0 bridgehead atoms. The Kier molecular flexibility index (Phi) is 6.32. The SMILES string of the molecule is C=CCN(Cc1cc(CNC(C)C)c(C)o1)C(C)C. The van der Waals surface area contributed by atoms with Gasteiger partial charge in [0, 0.05) is 30.7 Å². The number of rotatable bonds is 8. The van der Waals surface area contributed by atoms with Crippen LogP contribution < -0.4 is 5.32 Å². The second kappa shape index (κ2) is 7.51. The first-order valence-corrected chi connectivity index (χ1v) is 7.10. The third-order valence-electron chi connectivity index (χ3n) is 3.23. The minimum absolute atomic E-state index is 0.487. The van der Waals surface area contributed by atoms with Gasteiger partial charge in [-0.1, -0.05) is 19.9 Å². The molecule has 19 heavy (non-hydrogen) atoms. The van der Waals surface area contributed by atoms with Crippen LogP contribution in [0.2, 0.25) is 0 Å². The van der Waals surface area contributed by atoms with Crippen molar-refractivity contribution in [1.29, 1.82) is 0 Å². The number of aryl methyl sites for hydroxylation is 1. The smallest absolute Gasteiger partial charge is 0.118 e. The van der Waals surface area contributed by atoms with E-state index < -0.39 is 0 Å². The van der Waals surface area contributed by atoms with Crippen molar-refractivity contribution in [3.63, 3.8) is 0 Å². The molecule has 0 aromatic carbocycles. The highest BCUT2D eigenvalue weighted by Crippen LogP contribution is 2.17. The number of furan rings is 1. The van der Waals surface area contributed by atoms with E-state index in [2.05, 4.69) is 50.6 Å². The lowest BCUT2D eigenvalue weighted by Crippen LogP contribution is -2.30. The van der Waals surface area contributed by atoms with E-state index in [0.717, 1.165) is 31.2 Å². The molecule has 3 heteroatoms. The fourth-order valence-electron chi connectivity index (χ4n) is 1.98. The molecule has 0 spiro atoms. The maximum Gasteiger partial charge on any atom is 0.118 e. The molecule has 0 unspecified atom stereocenters. The molecule has 1 aromatic heterocycles. The number of nitrogens with zero attached hydrogens (tertiary/aromatic N) is 1. The van der Waals surface area contributed by atoms with Gasteiger partial charge in [0.25, 0.3) is 0 Å². The Labute approximate surface area is 117 Å². The largest absolute Gasteiger partial charge is 0.465 e. The molecule has 0 atom stereocenters. The summed E-state index contributed by atoms with van der Waals surface area (Å²) in [5.74, 6) is 2.05. The molecule has 0 aliphatic heterocycles. The average molecular weight is 264 g/mol. The van der Waals surface area contributed by atoms with E-state index in [0.29, 0.717) is 12.1 Å². The molecule has 0 radical (unpaired) electrons. The Balaban J connectivity index is 2.68. The van der Waals surface area contributed by atoms with Crippen LogP contribution in [0.1, 0.15) is 44.8 Å². The lowest BCUT2D eigenvalue weighted by Gasteiger charge is -2.23. The Morgan fingerprint density at radius 2 is 2.05 bits per heavy atom. The Bertz CT molecular complexity index is 393. The van der Waals surface area contributed by atoms with Gasteiger partial charge < -0.3 is 9.73 Å². The molecule has 0 aliphatic carbocycles. The van der Waals surface area contributed by atoms with Crippen molar-refractivity contribution in [2.24, 2.45) is 0 Å². The van der Waals surface area contributed by atoms with Gasteiger partial charge in [0.2, 0.25) is 0 Å². The lowest BCUT2D eigenvalue weighted by molar-refractivity contribution is 0.217. The molecule has 1 heterocycles. The first-order chi connectivity index (χ1) is 8.93. The fourth-order valence-corrected chi connectivity index (χ4v) is 1.98. The summed E-state index contributed by atoms with van der Waals surface area (Å²) in [6, 6.07) is 3.15.